The molecule has 200 valence electrons. The summed E-state index contributed by atoms with van der Waals surface area (Å²) in [6, 6.07) is 0. The Labute approximate surface area is 214 Å². The summed E-state index contributed by atoms with van der Waals surface area (Å²) >= 11 is 0. The van der Waals surface area contributed by atoms with Crippen LogP contribution < -0.4 is 0 Å². The minimum Gasteiger partial charge on any atom is -0.396 e. The Bertz CT molecular complexity index is 436. The highest BCUT2D eigenvalue weighted by atomic mass is 16.2. The molecule has 0 spiro atoms. The van der Waals surface area contributed by atoms with Crippen molar-refractivity contribution in [3.8, 4) is 0 Å². The summed E-state index contributed by atoms with van der Waals surface area (Å²) in [6.07, 6.45) is 42.0. The molecule has 0 rings (SSSR count). The van der Waals surface area contributed by atoms with Gasteiger partial charge in [0.15, 0.2) is 0 Å². The molecule has 34 heavy (non-hydrogen) atoms. The number of aliphatic hydroxyl groups is 1. The lowest BCUT2D eigenvalue weighted by atomic mass is 10.1. The van der Waals surface area contributed by atoms with E-state index in [1.54, 1.807) is 0 Å². The highest BCUT2D eigenvalue weighted by Gasteiger charge is 1.91. The number of unbranched alkanes of at least 4 members (excludes halogenated alkanes) is 17. The fraction of sp³-hybridized carbons (Fsp3) is 0.781. The Morgan fingerprint density at radius 1 is 0.471 bits per heavy atom. The van der Waals surface area contributed by atoms with Gasteiger partial charge in [0.05, 0.1) is 0 Å². The maximum Gasteiger partial charge on any atom is 0.123 e. The predicted octanol–water partition coefficient (Wildman–Crippen LogP) is 10.5. The molecular weight excluding hydrogens is 416 g/mol. The van der Waals surface area contributed by atoms with E-state index in [0.29, 0.717) is 13.0 Å². The van der Waals surface area contributed by atoms with E-state index in [0.717, 1.165) is 19.1 Å². The summed E-state index contributed by atoms with van der Waals surface area (Å²) < 4.78 is 0. The van der Waals surface area contributed by atoms with Gasteiger partial charge in [-0.05, 0) is 57.8 Å². The van der Waals surface area contributed by atoms with E-state index < -0.39 is 0 Å². The molecule has 2 heteroatoms. The molecule has 0 amide bonds. The minimum absolute atomic E-state index is 0.365. The third-order valence-electron chi connectivity index (χ3n) is 5.96. The monoisotopic (exact) mass is 476 g/mol. The number of hydrogen-bond acceptors (Lipinski definition) is 2. The van der Waals surface area contributed by atoms with Gasteiger partial charge in [-0.25, -0.2) is 0 Å². The lowest BCUT2D eigenvalue weighted by Crippen LogP contribution is -1.84. The van der Waals surface area contributed by atoms with Gasteiger partial charge in [-0.15, -0.1) is 0 Å². The van der Waals surface area contributed by atoms with Crippen LogP contribution in [0.2, 0.25) is 0 Å². The molecule has 0 heterocycles. The van der Waals surface area contributed by atoms with Gasteiger partial charge < -0.3 is 9.90 Å². The van der Waals surface area contributed by atoms with E-state index in [4.69, 9.17) is 5.11 Å². The smallest absolute Gasteiger partial charge is 0.123 e. The van der Waals surface area contributed by atoms with Gasteiger partial charge in [0.2, 0.25) is 0 Å². The molecule has 2 nitrogen and oxygen atoms in total. The van der Waals surface area contributed by atoms with Crippen molar-refractivity contribution in [3.63, 3.8) is 0 Å². The first-order valence-electron chi connectivity index (χ1n) is 14.8. The number of carbonyl (C=O) groups is 1. The van der Waals surface area contributed by atoms with Crippen LogP contribution in [0, 0.1) is 0 Å². The third-order valence-corrected chi connectivity index (χ3v) is 5.96. The zero-order valence-electron chi connectivity index (χ0n) is 23.2. The summed E-state index contributed by atoms with van der Waals surface area (Å²) in [4.78, 5) is 10.1. The molecule has 0 aliphatic rings. The summed E-state index contributed by atoms with van der Waals surface area (Å²) in [6.45, 7) is 4.79. The van der Waals surface area contributed by atoms with Crippen molar-refractivity contribution in [1.82, 2.24) is 0 Å². The van der Waals surface area contributed by atoms with E-state index >= 15 is 0 Å². The number of aldehydes is 1. The molecule has 0 aromatic carbocycles. The van der Waals surface area contributed by atoms with Gasteiger partial charge in [0.25, 0.3) is 0 Å². The molecule has 0 aromatic rings. The van der Waals surface area contributed by atoms with Gasteiger partial charge in [0.1, 0.15) is 6.29 Å². The zero-order chi connectivity index (χ0) is 25.2. The van der Waals surface area contributed by atoms with Crippen molar-refractivity contribution in [1.29, 1.82) is 0 Å². The number of rotatable bonds is 25. The maximum atomic E-state index is 10.1. The maximum absolute atomic E-state index is 10.1. The fourth-order valence-corrected chi connectivity index (χ4v) is 3.78. The second-order valence-corrected chi connectivity index (χ2v) is 9.41. The van der Waals surface area contributed by atoms with Crippen molar-refractivity contribution >= 4 is 6.29 Å². The van der Waals surface area contributed by atoms with Crippen LogP contribution >= 0.6 is 0 Å². The van der Waals surface area contributed by atoms with Crippen molar-refractivity contribution in [2.45, 2.75) is 155 Å². The molecule has 0 unspecified atom stereocenters. The fourth-order valence-electron chi connectivity index (χ4n) is 3.78. The second kappa shape index (κ2) is 36.4. The molecule has 0 aliphatic heterocycles. The van der Waals surface area contributed by atoms with Crippen molar-refractivity contribution in [2.24, 2.45) is 0 Å². The average Bonchev–Trinajstić information content (AvgIpc) is 2.85. The van der Waals surface area contributed by atoms with E-state index in [-0.39, 0.29) is 0 Å². The second-order valence-electron chi connectivity index (χ2n) is 9.41. The van der Waals surface area contributed by atoms with Crippen LogP contribution in [-0.2, 0) is 4.79 Å². The topological polar surface area (TPSA) is 37.3 Å². The Balaban J connectivity index is 0. The van der Waals surface area contributed by atoms with Crippen LogP contribution in [0.25, 0.3) is 0 Å². The Morgan fingerprint density at radius 3 is 1.26 bits per heavy atom. The molecule has 0 saturated heterocycles. The van der Waals surface area contributed by atoms with Crippen LogP contribution in [0.3, 0.4) is 0 Å². The number of aliphatic hydroxyl groups excluding tert-OH is 1. The van der Waals surface area contributed by atoms with Crippen LogP contribution in [0.15, 0.2) is 36.5 Å². The van der Waals surface area contributed by atoms with Gasteiger partial charge >= 0.3 is 0 Å². The number of hydrogen-bond donors (Lipinski definition) is 1. The highest BCUT2D eigenvalue weighted by molar-refractivity contribution is 5.51. The quantitative estimate of drug-likeness (QED) is 0.0808. The van der Waals surface area contributed by atoms with Gasteiger partial charge in [-0.1, -0.05) is 127 Å². The Morgan fingerprint density at radius 2 is 0.853 bits per heavy atom. The molecule has 1 N–H and O–H groups in total. The minimum atomic E-state index is 0.365. The first-order chi connectivity index (χ1) is 16.8. The average molecular weight is 477 g/mol. The Hall–Kier alpha value is -1.15. The zero-order valence-corrected chi connectivity index (χ0v) is 23.2. The molecule has 0 aliphatic carbocycles. The van der Waals surface area contributed by atoms with E-state index in [1.165, 1.54) is 122 Å². The van der Waals surface area contributed by atoms with Crippen molar-refractivity contribution in [2.75, 3.05) is 6.61 Å². The first kappa shape index (κ1) is 35.0. The normalized spacial score (nSPS) is 11.5. The van der Waals surface area contributed by atoms with E-state index in [2.05, 4.69) is 44.2 Å². The van der Waals surface area contributed by atoms with E-state index in [9.17, 15) is 4.79 Å². The summed E-state index contributed by atoms with van der Waals surface area (Å²) in [7, 11) is 0. The number of carbonyl (C=O) groups excluding carboxylic acids is 1. The predicted molar refractivity (Wildman–Crippen MR) is 153 cm³/mol. The molecule has 0 bridgehead atoms. The largest absolute Gasteiger partial charge is 0.396 e. The molecule has 0 radical (unpaired) electrons. The molecule has 0 atom stereocenters. The molecule has 0 fully saturated rings. The molecule has 0 aromatic heterocycles. The summed E-state index contributed by atoms with van der Waals surface area (Å²) in [5.41, 5.74) is 0. The van der Waals surface area contributed by atoms with Crippen LogP contribution in [0.1, 0.15) is 155 Å². The van der Waals surface area contributed by atoms with Gasteiger partial charge in [-0.3, -0.25) is 0 Å². The van der Waals surface area contributed by atoms with Crippen LogP contribution in [0.5, 0.6) is 0 Å². The lowest BCUT2D eigenvalue weighted by molar-refractivity contribution is -0.107. The van der Waals surface area contributed by atoms with E-state index in [1.807, 2.05) is 6.08 Å². The third kappa shape index (κ3) is 38.1. The molecule has 0 saturated carbocycles. The van der Waals surface area contributed by atoms with Crippen LogP contribution in [-0.4, -0.2) is 18.0 Å². The van der Waals surface area contributed by atoms with Gasteiger partial charge in [-0.2, -0.15) is 0 Å². The Kier molecular flexibility index (Phi) is 37.5. The number of allylic oxidation sites excluding steroid dienone is 6. The van der Waals surface area contributed by atoms with Gasteiger partial charge in [0, 0.05) is 13.0 Å². The first-order valence-corrected chi connectivity index (χ1v) is 14.8. The standard InChI is InChI=1S/C18H32O.C14H28O/c1-2-3-4-5-6-7-8-9-10-11-12-13-14-15-16-17-18-19;1-2-3-4-5-6-7-8-9-10-11-12-13-14-15/h5-6,15-16,18H,2-4,7-14,17H2,1H3;3-4,15H,2,5-14H2,1H3/b6-5-,16-15+;4-3-. The lowest BCUT2D eigenvalue weighted by Gasteiger charge is -2.00. The van der Waals surface area contributed by atoms with Crippen molar-refractivity contribution < 1.29 is 9.90 Å². The molecular formula is C32H60O2. The summed E-state index contributed by atoms with van der Waals surface area (Å²) in [5.74, 6) is 0. The highest BCUT2D eigenvalue weighted by Crippen LogP contribution is 2.10. The summed E-state index contributed by atoms with van der Waals surface area (Å²) in [5, 5.41) is 8.60. The van der Waals surface area contributed by atoms with Crippen molar-refractivity contribution in [3.05, 3.63) is 36.5 Å². The van der Waals surface area contributed by atoms with Crippen LogP contribution in [0.4, 0.5) is 0 Å². The SMILES string of the molecule is CC/C=C\CCCCCCCCCCO.CCCC/C=C\CCCCCCCC/C=C/CC=O.